The van der Waals surface area contributed by atoms with E-state index in [-0.39, 0.29) is 19.0 Å². The second kappa shape index (κ2) is 12.0. The number of rotatable bonds is 6. The Balaban J connectivity index is 1.15. The number of anilines is 2. The maximum absolute atomic E-state index is 12.7. The van der Waals surface area contributed by atoms with Crippen molar-refractivity contribution in [3.8, 4) is 17.7 Å². The summed E-state index contributed by atoms with van der Waals surface area (Å²) in [5.74, 6) is 6.99. The molecule has 0 unspecified atom stereocenters. The Kier molecular flexibility index (Phi) is 7.65. The molecule has 0 radical (unpaired) electrons. The highest BCUT2D eigenvalue weighted by molar-refractivity contribution is 6.06. The van der Waals surface area contributed by atoms with E-state index in [1.165, 1.54) is 0 Å². The SMILES string of the molecule is CCc1nc(N2C[C@@H](Oc3ncc(C#Cc4cn(C)nc4C)cc3N3CCOC4(COC4)[C@@H]3C)C[C@H]2C(=O)O)c2oc3ccccc3c2n1. The van der Waals surface area contributed by atoms with Crippen LogP contribution >= 0.6 is 0 Å². The third-order valence-corrected chi connectivity index (χ3v) is 9.80. The molecule has 13 heteroatoms. The molecule has 49 heavy (non-hydrogen) atoms. The van der Waals surface area contributed by atoms with Gasteiger partial charge < -0.3 is 33.5 Å². The quantitative estimate of drug-likeness (QED) is 0.264. The van der Waals surface area contributed by atoms with Gasteiger partial charge in [0.25, 0.3) is 0 Å². The summed E-state index contributed by atoms with van der Waals surface area (Å²) in [5, 5.41) is 15.7. The molecule has 1 spiro atoms. The minimum absolute atomic E-state index is 0.0235. The van der Waals surface area contributed by atoms with E-state index in [1.807, 2.05) is 57.4 Å². The molecular formula is C36H37N7O6. The molecule has 7 heterocycles. The molecule has 1 aromatic carbocycles. The van der Waals surface area contributed by atoms with Crippen LogP contribution in [0, 0.1) is 18.8 Å². The molecule has 4 aromatic heterocycles. The predicted molar refractivity (Wildman–Crippen MR) is 181 cm³/mol. The first kappa shape index (κ1) is 31.1. The monoisotopic (exact) mass is 663 g/mol. The first-order valence-electron chi connectivity index (χ1n) is 16.6. The zero-order chi connectivity index (χ0) is 33.9. The van der Waals surface area contributed by atoms with Gasteiger partial charge in [-0.2, -0.15) is 5.10 Å². The number of nitrogens with zero attached hydrogens (tertiary/aromatic N) is 7. The summed E-state index contributed by atoms with van der Waals surface area (Å²) in [6, 6.07) is 8.74. The van der Waals surface area contributed by atoms with Gasteiger partial charge in [-0.3, -0.25) is 4.68 Å². The number of fused-ring (bicyclic) bond motifs is 3. The van der Waals surface area contributed by atoms with E-state index in [9.17, 15) is 9.90 Å². The maximum atomic E-state index is 12.7. The van der Waals surface area contributed by atoms with Crippen molar-refractivity contribution in [3.05, 3.63) is 65.4 Å². The summed E-state index contributed by atoms with van der Waals surface area (Å²) < 4.78 is 26.4. The van der Waals surface area contributed by atoms with Gasteiger partial charge in [0, 0.05) is 49.8 Å². The van der Waals surface area contributed by atoms with Crippen molar-refractivity contribution in [2.75, 3.05) is 42.7 Å². The van der Waals surface area contributed by atoms with E-state index < -0.39 is 23.7 Å². The lowest BCUT2D eigenvalue weighted by Crippen LogP contribution is -2.68. The van der Waals surface area contributed by atoms with Crippen LogP contribution in [0.25, 0.3) is 22.1 Å². The molecule has 3 fully saturated rings. The van der Waals surface area contributed by atoms with Gasteiger partial charge in [-0.25, -0.2) is 19.7 Å². The first-order valence-corrected chi connectivity index (χ1v) is 16.6. The number of carboxylic acid groups (broad SMARTS) is 1. The molecular weight excluding hydrogens is 626 g/mol. The summed E-state index contributed by atoms with van der Waals surface area (Å²) in [6.45, 7) is 8.47. The van der Waals surface area contributed by atoms with E-state index in [1.54, 1.807) is 15.8 Å². The number of ether oxygens (including phenoxy) is 3. The van der Waals surface area contributed by atoms with E-state index >= 15 is 0 Å². The Hall–Kier alpha value is -5.19. The second-order valence-electron chi connectivity index (χ2n) is 13.0. The number of aromatic nitrogens is 5. The smallest absolute Gasteiger partial charge is 0.326 e. The lowest BCUT2D eigenvalue weighted by molar-refractivity contribution is -0.228. The minimum Gasteiger partial charge on any atom is -0.480 e. The van der Waals surface area contributed by atoms with Gasteiger partial charge in [-0.05, 0) is 32.0 Å². The molecule has 13 nitrogen and oxygen atoms in total. The number of carbonyl (C=O) groups is 1. The molecule has 0 saturated carbocycles. The molecule has 3 aliphatic rings. The van der Waals surface area contributed by atoms with Crippen LogP contribution in [0.15, 0.2) is 47.1 Å². The average molecular weight is 664 g/mol. The van der Waals surface area contributed by atoms with Gasteiger partial charge in [-0.15, -0.1) is 0 Å². The first-order chi connectivity index (χ1) is 23.7. The number of carboxylic acids is 1. The Bertz CT molecular complexity index is 2140. The Morgan fingerprint density at radius 2 is 2.02 bits per heavy atom. The molecule has 8 rings (SSSR count). The molecule has 3 atom stereocenters. The molecule has 0 aliphatic carbocycles. The van der Waals surface area contributed by atoms with Crippen LogP contribution in [0.1, 0.15) is 42.9 Å². The predicted octanol–water partition coefficient (Wildman–Crippen LogP) is 3.88. The van der Waals surface area contributed by atoms with Gasteiger partial charge in [0.1, 0.15) is 40.4 Å². The maximum Gasteiger partial charge on any atom is 0.326 e. The largest absolute Gasteiger partial charge is 0.480 e. The van der Waals surface area contributed by atoms with Crippen molar-refractivity contribution in [2.45, 2.75) is 57.4 Å². The van der Waals surface area contributed by atoms with Crippen molar-refractivity contribution in [3.63, 3.8) is 0 Å². The highest BCUT2D eigenvalue weighted by Gasteiger charge is 2.50. The standard InChI is InChI=1S/C36H37N7O6/c1-5-30-38-31-26-8-6-7-9-29(26)49-32(31)33(39-30)43-18-25(15-28(43)35(44)45)48-34-27(42-12-13-47-36(22(42)3)19-46-20-36)14-23(16-37-34)10-11-24-17-41(4)40-21(24)2/h6-9,14,16-17,22,25,28H,5,12-13,15,18-20H2,1-4H3,(H,44,45)/t22-,25-,28-/m0/s1. The van der Waals surface area contributed by atoms with Crippen LogP contribution in [0.4, 0.5) is 11.5 Å². The Morgan fingerprint density at radius 1 is 1.18 bits per heavy atom. The number of hydrogen-bond acceptors (Lipinski definition) is 11. The van der Waals surface area contributed by atoms with Gasteiger partial charge in [0.15, 0.2) is 11.4 Å². The third kappa shape index (κ3) is 5.41. The second-order valence-corrected chi connectivity index (χ2v) is 13.0. The number of para-hydroxylation sites is 1. The minimum atomic E-state index is -0.967. The number of furan rings is 1. The molecule has 0 bridgehead atoms. The Morgan fingerprint density at radius 3 is 2.76 bits per heavy atom. The molecule has 0 amide bonds. The van der Waals surface area contributed by atoms with Crippen molar-refractivity contribution in [1.29, 1.82) is 0 Å². The van der Waals surface area contributed by atoms with E-state index in [4.69, 9.17) is 33.6 Å². The summed E-state index contributed by atoms with van der Waals surface area (Å²) in [7, 11) is 1.87. The van der Waals surface area contributed by atoms with Crippen LogP contribution in [0.2, 0.25) is 0 Å². The van der Waals surface area contributed by atoms with Crippen molar-refractivity contribution in [2.24, 2.45) is 7.05 Å². The van der Waals surface area contributed by atoms with Crippen LogP contribution in [0.5, 0.6) is 5.88 Å². The molecule has 1 N–H and O–H groups in total. The molecule has 5 aromatic rings. The van der Waals surface area contributed by atoms with E-state index in [0.717, 1.165) is 27.9 Å². The van der Waals surface area contributed by atoms with E-state index in [0.29, 0.717) is 67.0 Å². The lowest BCUT2D eigenvalue weighted by atomic mass is 9.90. The Labute approximate surface area is 282 Å². The lowest BCUT2D eigenvalue weighted by Gasteiger charge is -2.53. The van der Waals surface area contributed by atoms with Crippen molar-refractivity contribution >= 4 is 39.5 Å². The fourth-order valence-electron chi connectivity index (χ4n) is 7.05. The number of benzene rings is 1. The zero-order valence-corrected chi connectivity index (χ0v) is 27.8. The molecule has 3 saturated heterocycles. The highest BCUT2D eigenvalue weighted by atomic mass is 16.6. The third-order valence-electron chi connectivity index (χ3n) is 9.80. The number of pyridine rings is 1. The van der Waals surface area contributed by atoms with Gasteiger partial charge in [-0.1, -0.05) is 30.9 Å². The summed E-state index contributed by atoms with van der Waals surface area (Å²) in [6.07, 6.45) is 3.90. The summed E-state index contributed by atoms with van der Waals surface area (Å²) in [5.41, 5.74) is 4.58. The van der Waals surface area contributed by atoms with Crippen LogP contribution < -0.4 is 14.5 Å². The molecule has 252 valence electrons. The summed E-state index contributed by atoms with van der Waals surface area (Å²) >= 11 is 0. The number of morpholine rings is 1. The van der Waals surface area contributed by atoms with Crippen LogP contribution in [-0.4, -0.2) is 92.5 Å². The molecule has 3 aliphatic heterocycles. The number of aryl methyl sites for hydroxylation is 3. The fraction of sp³-hybridized carbons (Fsp3) is 0.417. The fourth-order valence-corrected chi connectivity index (χ4v) is 7.05. The topological polar surface area (TPSA) is 141 Å². The van der Waals surface area contributed by atoms with Gasteiger partial charge in [0.05, 0.1) is 43.7 Å². The van der Waals surface area contributed by atoms with E-state index in [2.05, 4.69) is 28.8 Å². The number of aliphatic carboxylic acids is 1. The van der Waals surface area contributed by atoms with Crippen molar-refractivity contribution < 1.29 is 28.5 Å². The normalized spacial score (nSPS) is 21.6. The van der Waals surface area contributed by atoms with Crippen molar-refractivity contribution in [1.82, 2.24) is 24.7 Å². The zero-order valence-electron chi connectivity index (χ0n) is 27.8. The van der Waals surface area contributed by atoms with Gasteiger partial charge in [0.2, 0.25) is 5.88 Å². The highest BCUT2D eigenvalue weighted by Crippen LogP contribution is 2.40. The average Bonchev–Trinajstić information content (AvgIpc) is 3.77. The van der Waals surface area contributed by atoms with Gasteiger partial charge >= 0.3 is 5.97 Å². The summed E-state index contributed by atoms with van der Waals surface area (Å²) in [4.78, 5) is 31.1. The number of hydrogen-bond donors (Lipinski definition) is 1. The van der Waals surface area contributed by atoms with Crippen LogP contribution in [-0.2, 0) is 27.7 Å². The van der Waals surface area contributed by atoms with Crippen LogP contribution in [0.3, 0.4) is 0 Å².